The Bertz CT molecular complexity index is 469. The van der Waals surface area contributed by atoms with Gasteiger partial charge in [-0.05, 0) is 11.1 Å². The van der Waals surface area contributed by atoms with E-state index in [9.17, 15) is 18.6 Å². The Morgan fingerprint density at radius 1 is 1.24 bits per heavy atom. The first-order valence-corrected chi connectivity index (χ1v) is 7.13. The lowest BCUT2D eigenvalue weighted by atomic mass is 10.00. The van der Waals surface area contributed by atoms with Gasteiger partial charge >= 0.3 is 0 Å². The van der Waals surface area contributed by atoms with Gasteiger partial charge in [-0.3, -0.25) is 0 Å². The van der Waals surface area contributed by atoms with Crippen molar-refractivity contribution >= 4 is 9.84 Å². The molecule has 0 heterocycles. The Morgan fingerprint density at radius 2 is 1.82 bits per heavy atom. The van der Waals surface area contributed by atoms with Crippen molar-refractivity contribution in [1.82, 2.24) is 0 Å². The van der Waals surface area contributed by atoms with E-state index < -0.39 is 28.7 Å². The summed E-state index contributed by atoms with van der Waals surface area (Å²) in [6.07, 6.45) is -1.52. The third-order valence-corrected chi connectivity index (χ3v) is 3.18. The molecule has 2 atom stereocenters. The molecule has 0 aromatic heterocycles. The molecule has 0 spiro atoms. The van der Waals surface area contributed by atoms with Gasteiger partial charge in [0.2, 0.25) is 0 Å². The van der Waals surface area contributed by atoms with Gasteiger partial charge in [0, 0.05) is 6.26 Å². The second kappa shape index (κ2) is 5.59. The fourth-order valence-electron chi connectivity index (χ4n) is 1.54. The van der Waals surface area contributed by atoms with E-state index in [-0.39, 0.29) is 5.75 Å². The number of sulfone groups is 1. The molecule has 17 heavy (non-hydrogen) atoms. The Labute approximate surface area is 100 Å². The molecule has 1 rings (SSSR count). The van der Waals surface area contributed by atoms with Gasteiger partial charge in [0.15, 0.2) is 9.84 Å². The number of hydrogen-bond donors (Lipinski definition) is 3. The normalized spacial score (nSPS) is 15.5. The summed E-state index contributed by atoms with van der Waals surface area (Å²) in [5, 5.41) is 27.9. The maximum atomic E-state index is 11.2. The number of hydrogen-bond acceptors (Lipinski definition) is 5. The van der Waals surface area contributed by atoms with Crippen LogP contribution in [0.15, 0.2) is 24.3 Å². The minimum absolute atomic E-state index is 0.210. The molecule has 6 heteroatoms. The standard InChI is InChI=1S/C11H16O5S/c1-17(15,16)7-8-4-2-3-5-9(8)11(14)10(13)6-12/h2-5,10-14H,6-7H2,1H3. The zero-order chi connectivity index (χ0) is 13.1. The van der Waals surface area contributed by atoms with Crippen molar-refractivity contribution in [2.45, 2.75) is 18.0 Å². The van der Waals surface area contributed by atoms with Crippen molar-refractivity contribution in [2.75, 3.05) is 12.9 Å². The molecule has 0 aliphatic rings. The van der Waals surface area contributed by atoms with Crippen molar-refractivity contribution in [3.8, 4) is 0 Å². The van der Waals surface area contributed by atoms with Gasteiger partial charge in [-0.1, -0.05) is 24.3 Å². The lowest BCUT2D eigenvalue weighted by Crippen LogP contribution is -2.23. The zero-order valence-electron chi connectivity index (χ0n) is 9.44. The van der Waals surface area contributed by atoms with E-state index in [2.05, 4.69) is 0 Å². The fraction of sp³-hybridized carbons (Fsp3) is 0.455. The Kier molecular flexibility index (Phi) is 4.64. The van der Waals surface area contributed by atoms with E-state index in [0.717, 1.165) is 6.26 Å². The average molecular weight is 260 g/mol. The molecule has 0 radical (unpaired) electrons. The molecule has 0 aliphatic carbocycles. The van der Waals surface area contributed by atoms with Crippen molar-refractivity contribution in [2.24, 2.45) is 0 Å². The smallest absolute Gasteiger partial charge is 0.151 e. The molecular weight excluding hydrogens is 244 g/mol. The summed E-state index contributed by atoms with van der Waals surface area (Å²) in [4.78, 5) is 0. The van der Waals surface area contributed by atoms with Gasteiger partial charge in [0.25, 0.3) is 0 Å². The molecule has 1 aromatic carbocycles. The van der Waals surface area contributed by atoms with E-state index >= 15 is 0 Å². The summed E-state index contributed by atoms with van der Waals surface area (Å²) in [7, 11) is -3.22. The van der Waals surface area contributed by atoms with Gasteiger partial charge < -0.3 is 15.3 Å². The van der Waals surface area contributed by atoms with Crippen molar-refractivity contribution in [3.05, 3.63) is 35.4 Å². The Hall–Kier alpha value is -0.950. The molecule has 0 fully saturated rings. The third-order valence-electron chi connectivity index (χ3n) is 2.34. The fourth-order valence-corrected chi connectivity index (χ4v) is 2.37. The third kappa shape index (κ3) is 4.08. The van der Waals surface area contributed by atoms with Crippen LogP contribution in [0.5, 0.6) is 0 Å². The number of benzene rings is 1. The Balaban J connectivity index is 3.07. The molecule has 0 bridgehead atoms. The summed E-state index contributed by atoms with van der Waals surface area (Å²) in [5.41, 5.74) is 0.745. The predicted molar refractivity (Wildman–Crippen MR) is 63.0 cm³/mol. The quantitative estimate of drug-likeness (QED) is 0.670. The molecule has 5 nitrogen and oxygen atoms in total. The molecule has 0 amide bonds. The molecule has 0 aliphatic heterocycles. The molecule has 3 N–H and O–H groups in total. The van der Waals surface area contributed by atoms with Gasteiger partial charge in [-0.2, -0.15) is 0 Å². The lowest BCUT2D eigenvalue weighted by molar-refractivity contribution is -0.0155. The van der Waals surface area contributed by atoms with Crippen LogP contribution in [0.3, 0.4) is 0 Å². The second-order valence-corrected chi connectivity index (χ2v) is 6.10. The van der Waals surface area contributed by atoms with E-state index in [1.165, 1.54) is 6.07 Å². The van der Waals surface area contributed by atoms with Crippen LogP contribution in [-0.4, -0.2) is 42.7 Å². The molecular formula is C11H16O5S. The van der Waals surface area contributed by atoms with Crippen LogP contribution in [0, 0.1) is 0 Å². The summed E-state index contributed by atoms with van der Waals surface area (Å²) in [6.45, 7) is -0.589. The predicted octanol–water partition coefficient (Wildman–Crippen LogP) is -0.382. The zero-order valence-corrected chi connectivity index (χ0v) is 10.3. The van der Waals surface area contributed by atoms with Crippen LogP contribution in [0.2, 0.25) is 0 Å². The highest BCUT2D eigenvalue weighted by molar-refractivity contribution is 7.89. The Morgan fingerprint density at radius 3 is 2.35 bits per heavy atom. The number of aliphatic hydroxyl groups excluding tert-OH is 3. The van der Waals surface area contributed by atoms with Crippen LogP contribution in [-0.2, 0) is 15.6 Å². The van der Waals surface area contributed by atoms with Gasteiger partial charge in [0.1, 0.15) is 12.2 Å². The molecule has 2 unspecified atom stereocenters. The highest BCUT2D eigenvalue weighted by Crippen LogP contribution is 2.22. The van der Waals surface area contributed by atoms with Crippen LogP contribution in [0.1, 0.15) is 17.2 Å². The molecule has 0 saturated heterocycles. The molecule has 1 aromatic rings. The highest BCUT2D eigenvalue weighted by atomic mass is 32.2. The first-order valence-electron chi connectivity index (χ1n) is 5.07. The maximum absolute atomic E-state index is 11.2. The topological polar surface area (TPSA) is 94.8 Å². The van der Waals surface area contributed by atoms with Gasteiger partial charge in [-0.15, -0.1) is 0 Å². The van der Waals surface area contributed by atoms with Crippen LogP contribution < -0.4 is 0 Å². The largest absolute Gasteiger partial charge is 0.394 e. The van der Waals surface area contributed by atoms with Crippen molar-refractivity contribution in [3.63, 3.8) is 0 Å². The summed E-state index contributed by atoms with van der Waals surface area (Å²) < 4.78 is 22.4. The first kappa shape index (κ1) is 14.1. The summed E-state index contributed by atoms with van der Waals surface area (Å²) in [5.74, 6) is -0.210. The van der Waals surface area contributed by atoms with E-state index in [1.807, 2.05) is 0 Å². The van der Waals surface area contributed by atoms with Crippen LogP contribution in [0.4, 0.5) is 0 Å². The average Bonchev–Trinajstić information content (AvgIpc) is 2.25. The number of aliphatic hydroxyl groups is 3. The van der Waals surface area contributed by atoms with Crippen molar-refractivity contribution in [1.29, 1.82) is 0 Å². The SMILES string of the molecule is CS(=O)(=O)Cc1ccccc1C(O)C(O)CO. The lowest BCUT2D eigenvalue weighted by Gasteiger charge is -2.18. The van der Waals surface area contributed by atoms with Crippen molar-refractivity contribution < 1.29 is 23.7 Å². The number of rotatable bonds is 5. The van der Waals surface area contributed by atoms with Crippen LogP contribution in [0.25, 0.3) is 0 Å². The maximum Gasteiger partial charge on any atom is 0.151 e. The highest BCUT2D eigenvalue weighted by Gasteiger charge is 2.21. The minimum atomic E-state index is -3.22. The molecule has 96 valence electrons. The van der Waals surface area contributed by atoms with Crippen LogP contribution >= 0.6 is 0 Å². The summed E-state index contributed by atoms with van der Waals surface area (Å²) >= 11 is 0. The second-order valence-electron chi connectivity index (χ2n) is 3.96. The van der Waals surface area contributed by atoms with Gasteiger partial charge in [0.05, 0.1) is 12.4 Å². The van der Waals surface area contributed by atoms with E-state index in [4.69, 9.17) is 5.11 Å². The summed E-state index contributed by atoms with van der Waals surface area (Å²) in [6, 6.07) is 6.39. The minimum Gasteiger partial charge on any atom is -0.394 e. The first-order chi connectivity index (χ1) is 7.85. The van der Waals surface area contributed by atoms with E-state index in [0.29, 0.717) is 11.1 Å². The molecule has 0 saturated carbocycles. The van der Waals surface area contributed by atoms with Gasteiger partial charge in [-0.25, -0.2) is 8.42 Å². The van der Waals surface area contributed by atoms with E-state index in [1.54, 1.807) is 18.2 Å². The monoisotopic (exact) mass is 260 g/mol.